The lowest BCUT2D eigenvalue weighted by Gasteiger charge is -2.15. The van der Waals surface area contributed by atoms with E-state index < -0.39 is 12.0 Å². The second kappa shape index (κ2) is 43.5. The van der Waals surface area contributed by atoms with Crippen LogP contribution in [0.2, 0.25) is 0 Å². The molecule has 0 saturated heterocycles. The highest BCUT2D eigenvalue weighted by Crippen LogP contribution is 2.16. The fourth-order valence-electron chi connectivity index (χ4n) is 6.78. The summed E-state index contributed by atoms with van der Waals surface area (Å²) in [6.07, 6.45) is 53.3. The molecule has 0 aromatic rings. The topological polar surface area (TPSA) is 119 Å². The Bertz CT molecular complexity index is 1020. The number of unbranched alkanes of at least 4 members (excludes halogenated alkanes) is 22. The molecule has 0 rings (SSSR count). The van der Waals surface area contributed by atoms with Crippen molar-refractivity contribution in [1.29, 1.82) is 0 Å². The zero-order valence-electron chi connectivity index (χ0n) is 36.5. The molecule has 324 valence electrons. The number of ether oxygens (including phenoxy) is 1. The molecule has 0 aliphatic heterocycles. The highest BCUT2D eigenvalue weighted by Gasteiger charge is 2.19. The lowest BCUT2D eigenvalue weighted by Crippen LogP contribution is -2.40. The summed E-state index contributed by atoms with van der Waals surface area (Å²) in [7, 11) is 0. The molecule has 0 aliphatic carbocycles. The third kappa shape index (κ3) is 39.6. The Balaban J connectivity index is 4.13. The van der Waals surface area contributed by atoms with Gasteiger partial charge in [-0.25, -0.2) is 4.79 Å². The van der Waals surface area contributed by atoms with Gasteiger partial charge in [0.1, 0.15) is 12.1 Å². The maximum absolute atomic E-state index is 12.7. The Labute approximate surface area is 345 Å². The fourth-order valence-corrected chi connectivity index (χ4v) is 6.78. The molecular weight excluding hydrogens is 697 g/mol. The molecule has 0 radical (unpaired) electrons. The van der Waals surface area contributed by atoms with Gasteiger partial charge in [-0.15, -0.1) is 0 Å². The zero-order chi connectivity index (χ0) is 41.0. The molecule has 2 unspecified atom stereocenters. The summed E-state index contributed by atoms with van der Waals surface area (Å²) in [6.45, 7) is 4.89. The molecule has 0 bridgehead atoms. The Kier molecular flexibility index (Phi) is 41.4. The number of amides is 1. The lowest BCUT2D eigenvalue weighted by atomic mass is 10.0. The van der Waals surface area contributed by atoms with Crippen molar-refractivity contribution in [3.8, 4) is 0 Å². The molecule has 7 heteroatoms. The minimum absolute atomic E-state index is 0.107. The smallest absolute Gasteiger partial charge is 0.326 e. The second-order valence-corrected chi connectivity index (χ2v) is 15.8. The number of hydrogen-bond donors (Lipinski definition) is 3. The third-order valence-corrected chi connectivity index (χ3v) is 10.4. The van der Waals surface area contributed by atoms with Crippen molar-refractivity contribution in [2.75, 3.05) is 6.54 Å². The van der Waals surface area contributed by atoms with Crippen molar-refractivity contribution in [1.82, 2.24) is 5.32 Å². The molecular formula is C49H88N2O5. The Morgan fingerprint density at radius 3 is 1.52 bits per heavy atom. The predicted octanol–water partition coefficient (Wildman–Crippen LogP) is 13.6. The number of carbonyl (C=O) groups excluding carboxylic acids is 2. The molecule has 0 aromatic carbocycles. The molecule has 0 fully saturated rings. The van der Waals surface area contributed by atoms with Gasteiger partial charge in [-0.1, -0.05) is 166 Å². The average molecular weight is 785 g/mol. The van der Waals surface area contributed by atoms with E-state index in [1.807, 2.05) is 6.08 Å². The van der Waals surface area contributed by atoms with Crippen LogP contribution in [-0.2, 0) is 19.1 Å². The lowest BCUT2D eigenvalue weighted by molar-refractivity contribution is -0.147. The standard InChI is InChI=1S/C49H88N2O5/c1-3-5-7-9-11-13-14-15-16-17-18-19-20-21-22-23-24-25-26-27-29-31-37-43-48(53)56-45(39-34-30-28-12-10-8-6-4-2)40-35-32-33-36-42-47(52)51-46(49(54)55)41-38-44-50/h12,14-15,17-18,28,34,39,45-46H,3-11,13,16,19-27,29-33,35-38,40-44,50H2,1-2H3,(H,51,52)(H,54,55)/b15-14-,18-17-,28-12-,39-34-. The quantitative estimate of drug-likeness (QED) is 0.0322. The van der Waals surface area contributed by atoms with Gasteiger partial charge in [-0.2, -0.15) is 0 Å². The largest absolute Gasteiger partial charge is 0.480 e. The number of hydrogen-bond acceptors (Lipinski definition) is 5. The zero-order valence-corrected chi connectivity index (χ0v) is 36.5. The summed E-state index contributed by atoms with van der Waals surface area (Å²) < 4.78 is 5.92. The molecule has 0 spiro atoms. The first-order valence-electron chi connectivity index (χ1n) is 23.5. The van der Waals surface area contributed by atoms with Gasteiger partial charge in [0.2, 0.25) is 5.91 Å². The van der Waals surface area contributed by atoms with Crippen molar-refractivity contribution in [2.24, 2.45) is 5.73 Å². The van der Waals surface area contributed by atoms with E-state index in [4.69, 9.17) is 10.5 Å². The van der Waals surface area contributed by atoms with Gasteiger partial charge < -0.3 is 20.9 Å². The van der Waals surface area contributed by atoms with Gasteiger partial charge in [0, 0.05) is 12.8 Å². The number of carboxylic acid groups (broad SMARTS) is 1. The van der Waals surface area contributed by atoms with Crippen LogP contribution >= 0.6 is 0 Å². The van der Waals surface area contributed by atoms with E-state index in [9.17, 15) is 19.5 Å². The Hall–Kier alpha value is -2.67. The van der Waals surface area contributed by atoms with Crippen molar-refractivity contribution in [3.63, 3.8) is 0 Å². The van der Waals surface area contributed by atoms with Crippen LogP contribution < -0.4 is 11.1 Å². The summed E-state index contributed by atoms with van der Waals surface area (Å²) in [5, 5.41) is 11.9. The SMILES string of the molecule is CCCCC/C=C\C/C=C\C(CCCCCCC(=O)NC(CCCN)C(=O)O)OC(=O)CCCCCCCCCCCCC/C=C\C/C=C\CCCCCCC. The first-order valence-corrected chi connectivity index (χ1v) is 23.5. The van der Waals surface area contributed by atoms with Crippen LogP contribution in [0.25, 0.3) is 0 Å². The minimum atomic E-state index is -1.02. The van der Waals surface area contributed by atoms with E-state index in [1.54, 1.807) is 0 Å². The number of aliphatic carboxylic acids is 1. The van der Waals surface area contributed by atoms with Crippen LogP contribution in [0.5, 0.6) is 0 Å². The van der Waals surface area contributed by atoms with Crippen LogP contribution in [0.4, 0.5) is 0 Å². The van der Waals surface area contributed by atoms with Crippen molar-refractivity contribution in [3.05, 3.63) is 48.6 Å². The third-order valence-electron chi connectivity index (χ3n) is 10.4. The average Bonchev–Trinajstić information content (AvgIpc) is 3.18. The van der Waals surface area contributed by atoms with E-state index >= 15 is 0 Å². The second-order valence-electron chi connectivity index (χ2n) is 15.8. The molecule has 0 saturated carbocycles. The van der Waals surface area contributed by atoms with Crippen LogP contribution in [0.3, 0.4) is 0 Å². The molecule has 0 aromatic heterocycles. The number of carboxylic acids is 1. The van der Waals surface area contributed by atoms with Gasteiger partial charge in [0.05, 0.1) is 0 Å². The van der Waals surface area contributed by atoms with Gasteiger partial charge in [0.15, 0.2) is 0 Å². The van der Waals surface area contributed by atoms with Gasteiger partial charge in [-0.05, 0) is 103 Å². The molecule has 4 N–H and O–H groups in total. The van der Waals surface area contributed by atoms with E-state index in [0.717, 1.165) is 57.8 Å². The molecule has 2 atom stereocenters. The fraction of sp³-hybridized carbons (Fsp3) is 0.776. The van der Waals surface area contributed by atoms with Crippen LogP contribution in [-0.4, -0.2) is 41.6 Å². The van der Waals surface area contributed by atoms with E-state index in [0.29, 0.717) is 38.6 Å². The summed E-state index contributed by atoms with van der Waals surface area (Å²) >= 11 is 0. The van der Waals surface area contributed by atoms with Gasteiger partial charge >= 0.3 is 11.9 Å². The highest BCUT2D eigenvalue weighted by molar-refractivity contribution is 5.83. The first kappa shape index (κ1) is 53.3. The molecule has 0 heterocycles. The van der Waals surface area contributed by atoms with Crippen LogP contribution in [0, 0.1) is 0 Å². The first-order chi connectivity index (χ1) is 27.4. The molecule has 56 heavy (non-hydrogen) atoms. The maximum atomic E-state index is 12.7. The monoisotopic (exact) mass is 785 g/mol. The van der Waals surface area contributed by atoms with Crippen molar-refractivity contribution < 1.29 is 24.2 Å². The minimum Gasteiger partial charge on any atom is -0.480 e. The number of nitrogens with two attached hydrogens (primary N) is 1. The normalized spacial score (nSPS) is 13.1. The summed E-state index contributed by atoms with van der Waals surface area (Å²) in [6, 6.07) is -0.875. The number of carbonyl (C=O) groups is 3. The Morgan fingerprint density at radius 1 is 0.536 bits per heavy atom. The van der Waals surface area contributed by atoms with E-state index in [1.165, 1.54) is 122 Å². The van der Waals surface area contributed by atoms with Gasteiger partial charge in [-0.3, -0.25) is 9.59 Å². The number of nitrogens with one attached hydrogen (secondary N) is 1. The van der Waals surface area contributed by atoms with Crippen LogP contribution in [0.1, 0.15) is 226 Å². The molecule has 7 nitrogen and oxygen atoms in total. The van der Waals surface area contributed by atoms with Crippen molar-refractivity contribution >= 4 is 17.8 Å². The summed E-state index contributed by atoms with van der Waals surface area (Å²) in [5.74, 6) is -1.35. The maximum Gasteiger partial charge on any atom is 0.326 e. The van der Waals surface area contributed by atoms with Crippen molar-refractivity contribution in [2.45, 2.75) is 238 Å². The van der Waals surface area contributed by atoms with Crippen LogP contribution in [0.15, 0.2) is 48.6 Å². The van der Waals surface area contributed by atoms with E-state index in [2.05, 4.69) is 61.7 Å². The number of esters is 1. The highest BCUT2D eigenvalue weighted by atomic mass is 16.5. The Morgan fingerprint density at radius 2 is 0.982 bits per heavy atom. The number of rotatable bonds is 42. The summed E-state index contributed by atoms with van der Waals surface area (Å²) in [4.78, 5) is 36.4. The molecule has 1 amide bonds. The number of allylic oxidation sites excluding steroid dienone is 7. The van der Waals surface area contributed by atoms with Gasteiger partial charge in [0.25, 0.3) is 0 Å². The molecule has 0 aliphatic rings. The van der Waals surface area contributed by atoms with E-state index in [-0.39, 0.29) is 18.0 Å². The predicted molar refractivity (Wildman–Crippen MR) is 239 cm³/mol. The summed E-state index contributed by atoms with van der Waals surface area (Å²) in [5.41, 5.74) is 5.48.